The number of hydrogen-bond donors (Lipinski definition) is 1. The van der Waals surface area contributed by atoms with Crippen LogP contribution >= 0.6 is 0 Å². The first-order valence-corrected chi connectivity index (χ1v) is 8.38. The fourth-order valence-electron chi connectivity index (χ4n) is 3.32. The van der Waals surface area contributed by atoms with E-state index in [4.69, 9.17) is 0 Å². The Kier molecular flexibility index (Phi) is 4.48. The molecule has 0 spiro atoms. The Morgan fingerprint density at radius 1 is 1.14 bits per heavy atom. The van der Waals surface area contributed by atoms with Gasteiger partial charge >= 0.3 is 0 Å². The zero-order valence-electron chi connectivity index (χ0n) is 13.2. The summed E-state index contributed by atoms with van der Waals surface area (Å²) < 4.78 is 14.4. The molecule has 2 aliphatic carbocycles. The molecule has 0 atom stereocenters. The van der Waals surface area contributed by atoms with E-state index in [1.54, 1.807) is 6.07 Å². The van der Waals surface area contributed by atoms with Crippen LogP contribution in [0.1, 0.15) is 51.0 Å². The van der Waals surface area contributed by atoms with Gasteiger partial charge in [-0.05, 0) is 62.1 Å². The van der Waals surface area contributed by atoms with Crippen molar-refractivity contribution in [2.24, 2.45) is 5.92 Å². The van der Waals surface area contributed by atoms with Gasteiger partial charge in [-0.15, -0.1) is 0 Å². The third-order valence-electron chi connectivity index (χ3n) is 5.10. The summed E-state index contributed by atoms with van der Waals surface area (Å²) >= 11 is 0. The summed E-state index contributed by atoms with van der Waals surface area (Å²) in [6.07, 6.45) is 7.43. The molecule has 0 radical (unpaired) electrons. The summed E-state index contributed by atoms with van der Waals surface area (Å²) in [6, 6.07) is 6.88. The number of rotatable bonds is 5. The maximum absolute atomic E-state index is 14.4. The molecule has 0 saturated heterocycles. The molecular formula is C18H27FN2. The first kappa shape index (κ1) is 14.8. The van der Waals surface area contributed by atoms with E-state index >= 15 is 0 Å². The molecule has 2 fully saturated rings. The van der Waals surface area contributed by atoms with Crippen LogP contribution in [0.15, 0.2) is 18.2 Å². The second kappa shape index (κ2) is 6.35. The minimum absolute atomic E-state index is 0.0776. The highest BCUT2D eigenvalue weighted by Crippen LogP contribution is 2.31. The van der Waals surface area contributed by atoms with E-state index in [0.29, 0.717) is 12.1 Å². The third kappa shape index (κ3) is 3.76. The van der Waals surface area contributed by atoms with Gasteiger partial charge in [-0.3, -0.25) is 0 Å². The molecule has 3 rings (SSSR count). The van der Waals surface area contributed by atoms with Crippen molar-refractivity contribution in [3.63, 3.8) is 0 Å². The standard InChI is InChI=1S/C18H27FN2/c1-13-3-8-16(9-4-13)21(2)18-10-5-14(11-17(18)19)12-20-15-6-7-15/h5,10-11,13,15-16,20H,3-4,6-9,12H2,1-2H3. The van der Waals surface area contributed by atoms with E-state index < -0.39 is 0 Å². The zero-order chi connectivity index (χ0) is 14.8. The SMILES string of the molecule is CC1CCC(N(C)c2ccc(CNC3CC3)cc2F)CC1. The van der Waals surface area contributed by atoms with Crippen LogP contribution in [0.4, 0.5) is 10.1 Å². The van der Waals surface area contributed by atoms with Crippen LogP contribution in [0.3, 0.4) is 0 Å². The predicted molar refractivity (Wildman–Crippen MR) is 86.1 cm³/mol. The second-order valence-corrected chi connectivity index (χ2v) is 6.97. The molecule has 0 bridgehead atoms. The van der Waals surface area contributed by atoms with E-state index in [2.05, 4.69) is 23.2 Å². The quantitative estimate of drug-likeness (QED) is 0.878. The Morgan fingerprint density at radius 2 is 1.86 bits per heavy atom. The Labute approximate surface area is 127 Å². The highest BCUT2D eigenvalue weighted by Gasteiger charge is 2.24. The molecule has 2 saturated carbocycles. The maximum atomic E-state index is 14.4. The van der Waals surface area contributed by atoms with Crippen molar-refractivity contribution >= 4 is 5.69 Å². The fourth-order valence-corrected chi connectivity index (χ4v) is 3.32. The highest BCUT2D eigenvalue weighted by molar-refractivity contribution is 5.49. The molecule has 1 N–H and O–H groups in total. The Balaban J connectivity index is 1.63. The topological polar surface area (TPSA) is 15.3 Å². The van der Waals surface area contributed by atoms with Crippen molar-refractivity contribution in [1.29, 1.82) is 0 Å². The van der Waals surface area contributed by atoms with E-state index in [1.165, 1.54) is 38.5 Å². The number of nitrogens with one attached hydrogen (secondary N) is 1. The molecule has 0 aromatic heterocycles. The van der Waals surface area contributed by atoms with Crippen molar-refractivity contribution in [2.75, 3.05) is 11.9 Å². The first-order chi connectivity index (χ1) is 10.1. The smallest absolute Gasteiger partial charge is 0.146 e. The van der Waals surface area contributed by atoms with Gasteiger partial charge in [0.15, 0.2) is 0 Å². The molecular weight excluding hydrogens is 263 g/mol. The Hall–Kier alpha value is -1.09. The van der Waals surface area contributed by atoms with Crippen molar-refractivity contribution < 1.29 is 4.39 Å². The lowest BCUT2D eigenvalue weighted by atomic mass is 9.86. The summed E-state index contributed by atoms with van der Waals surface area (Å²) in [5.74, 6) is 0.751. The number of hydrogen-bond acceptors (Lipinski definition) is 2. The van der Waals surface area contributed by atoms with Crippen molar-refractivity contribution in [3.05, 3.63) is 29.6 Å². The van der Waals surface area contributed by atoms with Crippen LogP contribution in [0.5, 0.6) is 0 Å². The predicted octanol–water partition coefficient (Wildman–Crippen LogP) is 4.09. The molecule has 21 heavy (non-hydrogen) atoms. The molecule has 116 valence electrons. The van der Waals surface area contributed by atoms with Crippen molar-refractivity contribution in [1.82, 2.24) is 5.32 Å². The number of nitrogens with zero attached hydrogens (tertiary/aromatic N) is 1. The van der Waals surface area contributed by atoms with Gasteiger partial charge in [-0.25, -0.2) is 4.39 Å². The van der Waals surface area contributed by atoms with Gasteiger partial charge in [-0.2, -0.15) is 0 Å². The van der Waals surface area contributed by atoms with Crippen LogP contribution in [-0.4, -0.2) is 19.1 Å². The Bertz CT molecular complexity index is 476. The lowest BCUT2D eigenvalue weighted by Crippen LogP contribution is -2.35. The molecule has 0 amide bonds. The van der Waals surface area contributed by atoms with Gasteiger partial charge in [0.2, 0.25) is 0 Å². The van der Waals surface area contributed by atoms with Crippen LogP contribution in [0, 0.1) is 11.7 Å². The van der Waals surface area contributed by atoms with Crippen LogP contribution in [0.2, 0.25) is 0 Å². The van der Waals surface area contributed by atoms with Gasteiger partial charge < -0.3 is 10.2 Å². The molecule has 0 aliphatic heterocycles. The summed E-state index contributed by atoms with van der Waals surface area (Å²) in [5, 5.41) is 3.44. The van der Waals surface area contributed by atoms with Crippen LogP contribution < -0.4 is 10.2 Å². The fraction of sp³-hybridized carbons (Fsp3) is 0.667. The van der Waals surface area contributed by atoms with Gasteiger partial charge in [0.1, 0.15) is 5.82 Å². The molecule has 2 aliphatic rings. The zero-order valence-corrected chi connectivity index (χ0v) is 13.2. The molecule has 2 nitrogen and oxygen atoms in total. The molecule has 0 unspecified atom stereocenters. The maximum Gasteiger partial charge on any atom is 0.146 e. The van der Waals surface area contributed by atoms with Crippen molar-refractivity contribution in [2.45, 2.75) is 64.1 Å². The van der Waals surface area contributed by atoms with E-state index in [0.717, 1.165) is 23.7 Å². The van der Waals surface area contributed by atoms with E-state index in [-0.39, 0.29) is 5.82 Å². The van der Waals surface area contributed by atoms with Gasteiger partial charge in [0, 0.05) is 25.7 Å². The molecule has 3 heteroatoms. The number of halogens is 1. The molecule has 1 aromatic rings. The van der Waals surface area contributed by atoms with Gasteiger partial charge in [0.05, 0.1) is 5.69 Å². The molecule has 0 heterocycles. The lowest BCUT2D eigenvalue weighted by Gasteiger charge is -2.35. The highest BCUT2D eigenvalue weighted by atomic mass is 19.1. The number of benzene rings is 1. The van der Waals surface area contributed by atoms with E-state index in [1.807, 2.05) is 13.1 Å². The van der Waals surface area contributed by atoms with Crippen molar-refractivity contribution in [3.8, 4) is 0 Å². The van der Waals surface area contributed by atoms with Crippen LogP contribution in [-0.2, 0) is 6.54 Å². The largest absolute Gasteiger partial charge is 0.369 e. The Morgan fingerprint density at radius 3 is 2.48 bits per heavy atom. The minimum atomic E-state index is -0.0776. The summed E-state index contributed by atoms with van der Waals surface area (Å²) in [7, 11) is 2.04. The monoisotopic (exact) mass is 290 g/mol. The van der Waals surface area contributed by atoms with Crippen LogP contribution in [0.25, 0.3) is 0 Å². The number of anilines is 1. The van der Waals surface area contributed by atoms with E-state index in [9.17, 15) is 4.39 Å². The summed E-state index contributed by atoms with van der Waals surface area (Å²) in [5.41, 5.74) is 1.80. The second-order valence-electron chi connectivity index (χ2n) is 6.97. The normalized spacial score (nSPS) is 25.9. The molecule has 1 aromatic carbocycles. The first-order valence-electron chi connectivity index (χ1n) is 8.38. The summed E-state index contributed by atoms with van der Waals surface area (Å²) in [6.45, 7) is 3.10. The van der Waals surface area contributed by atoms with Gasteiger partial charge in [-0.1, -0.05) is 13.0 Å². The van der Waals surface area contributed by atoms with Gasteiger partial charge in [0.25, 0.3) is 0 Å². The average molecular weight is 290 g/mol. The minimum Gasteiger partial charge on any atom is -0.369 e. The third-order valence-corrected chi connectivity index (χ3v) is 5.10. The average Bonchev–Trinajstić information content (AvgIpc) is 3.29. The lowest BCUT2D eigenvalue weighted by molar-refractivity contribution is 0.339. The summed E-state index contributed by atoms with van der Waals surface area (Å²) in [4.78, 5) is 2.15.